The number of hydrogen-bond donors (Lipinski definition) is 0. The molecular formula is C56H68O10P2. The van der Waals surface area contributed by atoms with E-state index >= 15 is 0 Å². The molecule has 0 atom stereocenters. The van der Waals surface area contributed by atoms with Crippen LogP contribution in [0.25, 0.3) is 11.1 Å². The maximum atomic E-state index is 7.11. The standard InChI is InChI=1S/C56H68O10P2/c1-37(2)57-33-45-21-13-17-25-51(45)61-67(62-52-26-18-14-22-46(52)34-58-38(3)4)65-55-43(11)29-41(9)31-49(55)50-32-42(10)30-44(12)56(50)66-68(63-53-27-19-15-23-47(53)35-59-39(5)6)64-54-28-20-16-24-48(54)36-60-40(7)8/h13-32,37-40H,33-36H2,1-12H3. The summed E-state index contributed by atoms with van der Waals surface area (Å²) in [5.74, 6) is 3.51. The molecule has 0 N–H and O–H groups in total. The molecule has 0 bridgehead atoms. The van der Waals surface area contributed by atoms with Crippen molar-refractivity contribution >= 4 is 17.2 Å². The lowest BCUT2D eigenvalue weighted by molar-refractivity contribution is 0.0643. The van der Waals surface area contributed by atoms with Crippen LogP contribution in [0.5, 0.6) is 34.5 Å². The van der Waals surface area contributed by atoms with E-state index < -0.39 is 17.2 Å². The van der Waals surface area contributed by atoms with Gasteiger partial charge in [-0.15, -0.1) is 0 Å². The predicted molar refractivity (Wildman–Crippen MR) is 274 cm³/mol. The predicted octanol–water partition coefficient (Wildman–Crippen LogP) is 15.8. The van der Waals surface area contributed by atoms with Gasteiger partial charge in [0.15, 0.2) is 0 Å². The number of ether oxygens (including phenoxy) is 4. The first-order valence-electron chi connectivity index (χ1n) is 23.3. The number of aryl methyl sites for hydroxylation is 4. The summed E-state index contributed by atoms with van der Waals surface area (Å²) in [5, 5.41) is 0. The van der Waals surface area contributed by atoms with Crippen molar-refractivity contribution in [1.82, 2.24) is 0 Å². The van der Waals surface area contributed by atoms with Gasteiger partial charge in [-0.3, -0.25) is 0 Å². The summed E-state index contributed by atoms with van der Waals surface area (Å²) in [4.78, 5) is 0. The molecule has 0 heterocycles. The molecule has 0 aliphatic heterocycles. The number of para-hydroxylation sites is 4. The molecule has 6 aromatic carbocycles. The summed E-state index contributed by atoms with van der Waals surface area (Å²) >= 11 is 0. The summed E-state index contributed by atoms with van der Waals surface area (Å²) in [6.07, 6.45) is 0.0962. The van der Waals surface area contributed by atoms with Crippen LogP contribution in [0.2, 0.25) is 0 Å². The average molecular weight is 963 g/mol. The van der Waals surface area contributed by atoms with E-state index in [1.807, 2.05) is 166 Å². The van der Waals surface area contributed by atoms with Crippen LogP contribution >= 0.6 is 17.2 Å². The van der Waals surface area contributed by atoms with Crippen molar-refractivity contribution in [3.63, 3.8) is 0 Å². The molecule has 362 valence electrons. The van der Waals surface area contributed by atoms with Gasteiger partial charge in [-0.2, -0.15) is 0 Å². The van der Waals surface area contributed by atoms with Crippen LogP contribution in [-0.2, 0) is 45.4 Å². The molecule has 0 aliphatic carbocycles. The summed E-state index contributed by atoms with van der Waals surface area (Å²) < 4.78 is 65.7. The molecule has 0 fully saturated rings. The van der Waals surface area contributed by atoms with Crippen LogP contribution in [-0.4, -0.2) is 24.4 Å². The monoisotopic (exact) mass is 962 g/mol. The fourth-order valence-corrected chi connectivity index (χ4v) is 9.37. The Hall–Kier alpha value is -5.18. The second-order valence-electron chi connectivity index (χ2n) is 17.8. The van der Waals surface area contributed by atoms with E-state index in [4.69, 9.17) is 46.1 Å². The molecule has 6 aromatic rings. The van der Waals surface area contributed by atoms with Crippen LogP contribution in [0.4, 0.5) is 0 Å². The van der Waals surface area contributed by atoms with Crippen LogP contribution in [0, 0.1) is 27.7 Å². The highest BCUT2D eigenvalue weighted by molar-refractivity contribution is 7.43. The van der Waals surface area contributed by atoms with Gasteiger partial charge in [0.2, 0.25) is 0 Å². The van der Waals surface area contributed by atoms with Gasteiger partial charge >= 0.3 is 17.2 Å². The number of hydrogen-bond acceptors (Lipinski definition) is 10. The highest BCUT2D eigenvalue weighted by atomic mass is 31.2. The molecule has 0 radical (unpaired) electrons. The molecule has 0 spiro atoms. The Kier molecular flexibility index (Phi) is 19.5. The summed E-state index contributed by atoms with van der Waals surface area (Å²) in [7, 11) is -4.32. The van der Waals surface area contributed by atoms with Gasteiger partial charge in [-0.25, -0.2) is 0 Å². The zero-order chi connectivity index (χ0) is 48.7. The molecule has 10 nitrogen and oxygen atoms in total. The highest BCUT2D eigenvalue weighted by Crippen LogP contribution is 2.53. The van der Waals surface area contributed by atoms with Crippen molar-refractivity contribution in [3.05, 3.63) is 166 Å². The normalized spacial score (nSPS) is 11.6. The molecule has 0 amide bonds. The van der Waals surface area contributed by atoms with Crippen molar-refractivity contribution in [2.24, 2.45) is 0 Å². The second kappa shape index (κ2) is 25.4. The summed E-state index contributed by atoms with van der Waals surface area (Å²) in [5.41, 5.74) is 8.85. The minimum atomic E-state index is -2.16. The van der Waals surface area contributed by atoms with Crippen molar-refractivity contribution in [3.8, 4) is 45.6 Å². The third-order valence-corrected chi connectivity index (χ3v) is 12.4. The Balaban J connectivity index is 1.46. The summed E-state index contributed by atoms with van der Waals surface area (Å²) in [6.45, 7) is 25.7. The lowest BCUT2D eigenvalue weighted by atomic mass is 9.95. The minimum absolute atomic E-state index is 0.0240. The van der Waals surface area contributed by atoms with Gasteiger partial charge in [0.05, 0.1) is 50.8 Å². The van der Waals surface area contributed by atoms with Crippen LogP contribution in [0.1, 0.15) is 99.9 Å². The van der Waals surface area contributed by atoms with Crippen molar-refractivity contribution < 1.29 is 46.1 Å². The quantitative estimate of drug-likeness (QED) is 0.0517. The van der Waals surface area contributed by atoms with E-state index in [2.05, 4.69) is 38.1 Å². The third-order valence-electron chi connectivity index (χ3n) is 10.3. The van der Waals surface area contributed by atoms with E-state index in [0.29, 0.717) is 60.9 Å². The summed E-state index contributed by atoms with van der Waals surface area (Å²) in [6, 6.07) is 39.6. The first-order chi connectivity index (χ1) is 32.6. The van der Waals surface area contributed by atoms with Gasteiger partial charge in [0.25, 0.3) is 0 Å². The number of rotatable bonds is 25. The fraction of sp³-hybridized carbons (Fsp3) is 0.357. The van der Waals surface area contributed by atoms with E-state index in [1.54, 1.807) is 0 Å². The van der Waals surface area contributed by atoms with E-state index in [1.165, 1.54) is 0 Å². The van der Waals surface area contributed by atoms with Gasteiger partial charge in [-0.05, 0) is 142 Å². The molecule has 0 unspecified atom stereocenters. The van der Waals surface area contributed by atoms with E-state index in [-0.39, 0.29) is 24.4 Å². The minimum Gasteiger partial charge on any atom is -0.408 e. The molecule has 0 aromatic heterocycles. The molecule has 0 saturated heterocycles. The smallest absolute Gasteiger partial charge is 0.408 e. The van der Waals surface area contributed by atoms with Crippen LogP contribution in [0.3, 0.4) is 0 Å². The lowest BCUT2D eigenvalue weighted by Gasteiger charge is -2.25. The Morgan fingerprint density at radius 3 is 0.838 bits per heavy atom. The number of benzene rings is 6. The second-order valence-corrected chi connectivity index (χ2v) is 19.8. The van der Waals surface area contributed by atoms with Gasteiger partial charge < -0.3 is 46.1 Å². The van der Waals surface area contributed by atoms with Crippen molar-refractivity contribution in [2.75, 3.05) is 0 Å². The first kappa shape index (κ1) is 52.2. The third kappa shape index (κ3) is 15.4. The fourth-order valence-electron chi connectivity index (χ4n) is 7.01. The molecule has 0 aliphatic rings. The first-order valence-corrected chi connectivity index (χ1v) is 25.5. The Bertz CT molecular complexity index is 2250. The van der Waals surface area contributed by atoms with Crippen molar-refractivity contribution in [1.29, 1.82) is 0 Å². The zero-order valence-electron chi connectivity index (χ0n) is 41.7. The van der Waals surface area contributed by atoms with Crippen LogP contribution < -0.4 is 27.1 Å². The molecule has 6 rings (SSSR count). The van der Waals surface area contributed by atoms with Gasteiger partial charge in [0.1, 0.15) is 34.5 Å². The largest absolute Gasteiger partial charge is 0.530 e. The molecular weight excluding hydrogens is 895 g/mol. The molecule has 68 heavy (non-hydrogen) atoms. The van der Waals surface area contributed by atoms with Gasteiger partial charge in [0, 0.05) is 33.4 Å². The Morgan fingerprint density at radius 2 is 0.588 bits per heavy atom. The maximum Gasteiger partial charge on any atom is 0.530 e. The van der Waals surface area contributed by atoms with Gasteiger partial charge in [-0.1, -0.05) is 84.9 Å². The lowest BCUT2D eigenvalue weighted by Crippen LogP contribution is -2.10. The van der Waals surface area contributed by atoms with E-state index in [0.717, 1.165) is 55.6 Å². The highest BCUT2D eigenvalue weighted by Gasteiger charge is 2.30. The molecule has 12 heteroatoms. The zero-order valence-corrected chi connectivity index (χ0v) is 43.5. The molecule has 0 saturated carbocycles. The Morgan fingerprint density at radius 1 is 0.338 bits per heavy atom. The average Bonchev–Trinajstić information content (AvgIpc) is 3.29. The van der Waals surface area contributed by atoms with Crippen LogP contribution in [0.15, 0.2) is 121 Å². The maximum absolute atomic E-state index is 7.11. The van der Waals surface area contributed by atoms with E-state index in [9.17, 15) is 0 Å². The Labute approximate surface area is 407 Å². The SMILES string of the molecule is Cc1cc(C)c(OP(Oc2ccccc2COC(C)C)Oc2ccccc2COC(C)C)c(-c2cc(C)cc(C)c2OP(Oc2ccccc2COC(C)C)Oc2ccccc2COC(C)C)c1. The van der Waals surface area contributed by atoms with Crippen molar-refractivity contribution in [2.45, 2.75) is 134 Å². The topological polar surface area (TPSA) is 92.3 Å².